The van der Waals surface area contributed by atoms with Crippen molar-refractivity contribution in [3.63, 3.8) is 0 Å². The number of nitrogens with zero attached hydrogens (tertiary/aromatic N) is 4. The maximum atomic E-state index is 4.97. The van der Waals surface area contributed by atoms with E-state index in [1.807, 2.05) is 20.0 Å². The van der Waals surface area contributed by atoms with Gasteiger partial charge < -0.3 is 19.4 Å². The summed E-state index contributed by atoms with van der Waals surface area (Å²) in [5, 5.41) is 8.94. The first-order chi connectivity index (χ1) is 33.2. The molecule has 0 amide bonds. The molecule has 0 radical (unpaired) electrons. The number of nitrogens with one attached hydrogen (secondary N) is 1. The van der Waals surface area contributed by atoms with Crippen LogP contribution < -0.4 is 10.2 Å². The minimum atomic E-state index is -0.231. The first-order valence-corrected chi connectivity index (χ1v) is 23.2. The Balaban J connectivity index is 0.00000231. The Morgan fingerprint density at radius 1 is 0.373 bits per heavy atom. The molecule has 1 N–H and O–H groups in total. The van der Waals surface area contributed by atoms with Crippen LogP contribution in [0, 0.1) is 0 Å². The largest absolute Gasteiger partial charge is 0.358 e. The number of para-hydroxylation sites is 5. The van der Waals surface area contributed by atoms with E-state index in [2.05, 4.69) is 250 Å². The van der Waals surface area contributed by atoms with Crippen molar-refractivity contribution >= 4 is 60.7 Å². The molecule has 5 heteroatoms. The summed E-state index contributed by atoms with van der Waals surface area (Å²) in [6.07, 6.45) is 1.70. The van der Waals surface area contributed by atoms with Gasteiger partial charge >= 0.3 is 0 Å². The highest BCUT2D eigenvalue weighted by Gasteiger charge is 2.34. The topological polar surface area (TPSA) is 38.0 Å². The average Bonchev–Trinajstić information content (AvgIpc) is 4.08. The summed E-state index contributed by atoms with van der Waals surface area (Å²) in [7, 11) is 0. The highest BCUT2D eigenvalue weighted by atomic mass is 15.3. The van der Waals surface area contributed by atoms with Crippen molar-refractivity contribution in [2.75, 3.05) is 10.2 Å². The minimum absolute atomic E-state index is 0.231. The molecule has 1 atom stereocenters. The van der Waals surface area contributed by atoms with Gasteiger partial charge in [0.15, 0.2) is 0 Å². The maximum Gasteiger partial charge on any atom is 0.130 e. The van der Waals surface area contributed by atoms with Crippen LogP contribution in [-0.2, 0) is 0 Å². The van der Waals surface area contributed by atoms with E-state index in [1.54, 1.807) is 0 Å². The molecule has 0 saturated carbocycles. The molecule has 1 aliphatic heterocycles. The summed E-state index contributed by atoms with van der Waals surface area (Å²) in [4.78, 5) is 7.40. The fourth-order valence-corrected chi connectivity index (χ4v) is 10.2. The van der Waals surface area contributed by atoms with Crippen LogP contribution in [0.1, 0.15) is 25.6 Å². The van der Waals surface area contributed by atoms with Crippen LogP contribution in [0.15, 0.2) is 237 Å². The number of hydrogen-bond acceptors (Lipinski definition) is 3. The van der Waals surface area contributed by atoms with Crippen molar-refractivity contribution in [2.45, 2.75) is 20.0 Å². The van der Waals surface area contributed by atoms with Gasteiger partial charge in [0.25, 0.3) is 0 Å². The van der Waals surface area contributed by atoms with Crippen molar-refractivity contribution < 1.29 is 0 Å². The number of aromatic nitrogens is 3. The van der Waals surface area contributed by atoms with Crippen molar-refractivity contribution in [3.8, 4) is 44.9 Å². The normalized spacial score (nSPS) is 13.2. The minimum Gasteiger partial charge on any atom is -0.358 e. The molecule has 0 spiro atoms. The smallest absolute Gasteiger partial charge is 0.130 e. The first kappa shape index (κ1) is 39.9. The zero-order chi connectivity index (χ0) is 44.8. The maximum absolute atomic E-state index is 4.97. The lowest BCUT2D eigenvalue weighted by molar-refractivity contribution is 0.829. The Labute approximate surface area is 390 Å². The molecule has 0 bridgehead atoms. The van der Waals surface area contributed by atoms with Gasteiger partial charge in [0.1, 0.15) is 6.17 Å². The lowest BCUT2D eigenvalue weighted by atomic mass is 9.93. The summed E-state index contributed by atoms with van der Waals surface area (Å²) < 4.78 is 4.76. The molecule has 320 valence electrons. The lowest BCUT2D eigenvalue weighted by Crippen LogP contribution is -2.23. The van der Waals surface area contributed by atoms with E-state index in [0.717, 1.165) is 67.5 Å². The van der Waals surface area contributed by atoms with Gasteiger partial charge in [0, 0.05) is 50.4 Å². The summed E-state index contributed by atoms with van der Waals surface area (Å²) in [6, 6.07) is 83.3. The third-order valence-electron chi connectivity index (χ3n) is 13.1. The number of hydrogen-bond donors (Lipinski definition) is 1. The molecule has 0 fully saturated rings. The van der Waals surface area contributed by atoms with Gasteiger partial charge in [-0.3, -0.25) is 4.98 Å². The monoisotopic (exact) mass is 861 g/mol. The summed E-state index contributed by atoms with van der Waals surface area (Å²) in [6.45, 7) is 4.00. The highest BCUT2D eigenvalue weighted by molar-refractivity contribution is 6.12. The predicted octanol–water partition coefficient (Wildman–Crippen LogP) is 16.6. The Kier molecular flexibility index (Phi) is 9.95. The number of pyridine rings is 1. The number of fused-ring (bicyclic) bond motifs is 7. The van der Waals surface area contributed by atoms with E-state index in [1.165, 1.54) is 43.6 Å². The molecule has 1 unspecified atom stereocenters. The van der Waals surface area contributed by atoms with Crippen LogP contribution in [0.25, 0.3) is 88.5 Å². The average molecular weight is 862 g/mol. The van der Waals surface area contributed by atoms with E-state index >= 15 is 0 Å². The molecule has 5 nitrogen and oxygen atoms in total. The van der Waals surface area contributed by atoms with Gasteiger partial charge in [-0.05, 0) is 125 Å². The second-order valence-electron chi connectivity index (χ2n) is 16.9. The Morgan fingerprint density at radius 2 is 0.821 bits per heavy atom. The molecule has 9 aromatic carbocycles. The third kappa shape index (κ3) is 6.74. The Morgan fingerprint density at radius 3 is 1.34 bits per heavy atom. The molecule has 4 heterocycles. The molecule has 13 rings (SSSR count). The van der Waals surface area contributed by atoms with Crippen LogP contribution >= 0.6 is 0 Å². The fourth-order valence-electron chi connectivity index (χ4n) is 10.2. The van der Waals surface area contributed by atoms with Gasteiger partial charge in [-0.25, -0.2) is 0 Å². The quantitative estimate of drug-likeness (QED) is 0.173. The van der Waals surface area contributed by atoms with E-state index in [4.69, 9.17) is 4.98 Å². The van der Waals surface area contributed by atoms with Gasteiger partial charge in [0.2, 0.25) is 0 Å². The van der Waals surface area contributed by atoms with E-state index in [-0.39, 0.29) is 6.17 Å². The number of rotatable bonds is 7. The van der Waals surface area contributed by atoms with Gasteiger partial charge in [-0.1, -0.05) is 147 Å². The fraction of sp³-hybridized carbons (Fsp3) is 0.0484. The second-order valence-corrected chi connectivity index (χ2v) is 16.9. The van der Waals surface area contributed by atoms with Crippen LogP contribution in [0.4, 0.5) is 17.1 Å². The summed E-state index contributed by atoms with van der Waals surface area (Å²) in [5.74, 6) is 0. The van der Waals surface area contributed by atoms with E-state index in [0.29, 0.717) is 0 Å². The molecule has 0 saturated heterocycles. The van der Waals surface area contributed by atoms with Crippen molar-refractivity contribution in [3.05, 3.63) is 242 Å². The van der Waals surface area contributed by atoms with Crippen molar-refractivity contribution in [1.29, 1.82) is 0 Å². The van der Waals surface area contributed by atoms with Crippen molar-refractivity contribution in [1.82, 2.24) is 14.1 Å². The molecule has 12 aromatic rings. The molecule has 0 aliphatic carbocycles. The predicted molar refractivity (Wildman–Crippen MR) is 282 cm³/mol. The summed E-state index contributed by atoms with van der Waals surface area (Å²) >= 11 is 0. The molecule has 3 aromatic heterocycles. The standard InChI is InChI=1S/C60H41N5.C2H6/c1-5-17-40(18-6-1)58-59-57(33-34-61-58)65(48-23-11-4-12-24-48)60(62-59)45-36-43(41-29-31-55-51(38-41)49-25-13-15-27-53(49)63(55)46-19-7-2-8-20-46)35-44(37-45)42-30-32-56-52(39-42)50-26-14-16-28-54(50)64(56)47-21-9-3-10-22-47;1-2/h1-39,60,62H;1-2H3. The van der Waals surface area contributed by atoms with Crippen molar-refractivity contribution in [2.24, 2.45) is 0 Å². The third-order valence-corrected chi connectivity index (χ3v) is 13.1. The van der Waals surface area contributed by atoms with E-state index in [9.17, 15) is 0 Å². The SMILES string of the molecule is CC.c1ccc(-c2nccc3c2NC(c2cc(-c4ccc5c(c4)c4ccccc4n5-c4ccccc4)cc(-c4ccc5c(c4)c4ccccc4n5-c4ccccc4)c2)N3c2ccccc2)cc1. The zero-order valence-electron chi connectivity index (χ0n) is 37.4. The highest BCUT2D eigenvalue weighted by Crippen LogP contribution is 2.50. The molecule has 1 aliphatic rings. The van der Waals surface area contributed by atoms with Crippen LogP contribution in [0.3, 0.4) is 0 Å². The second kappa shape index (κ2) is 16.7. The first-order valence-electron chi connectivity index (χ1n) is 23.2. The van der Waals surface area contributed by atoms with Gasteiger partial charge in [0.05, 0.1) is 39.1 Å². The molecule has 67 heavy (non-hydrogen) atoms. The van der Waals surface area contributed by atoms with Crippen LogP contribution in [0.2, 0.25) is 0 Å². The summed E-state index contributed by atoms with van der Waals surface area (Å²) in [5.41, 5.74) is 18.0. The van der Waals surface area contributed by atoms with Gasteiger partial charge in [-0.2, -0.15) is 0 Å². The Bertz CT molecular complexity index is 3570. The molecular formula is C62H47N5. The van der Waals surface area contributed by atoms with E-state index < -0.39 is 0 Å². The molecular weight excluding hydrogens is 815 g/mol. The Hall–Kier alpha value is -8.67. The number of benzene rings is 9. The lowest BCUT2D eigenvalue weighted by Gasteiger charge is -2.28. The van der Waals surface area contributed by atoms with Crippen LogP contribution in [-0.4, -0.2) is 14.1 Å². The van der Waals surface area contributed by atoms with Crippen LogP contribution in [0.5, 0.6) is 0 Å². The zero-order valence-corrected chi connectivity index (χ0v) is 37.4. The number of anilines is 3. The van der Waals surface area contributed by atoms with Gasteiger partial charge in [-0.15, -0.1) is 0 Å².